The van der Waals surface area contributed by atoms with Gasteiger partial charge in [-0.15, -0.1) is 11.3 Å². The van der Waals surface area contributed by atoms with Crippen molar-refractivity contribution in [1.82, 2.24) is 4.90 Å². The van der Waals surface area contributed by atoms with Gasteiger partial charge in [0.25, 0.3) is 0 Å². The SMILES string of the molecule is O=C(Nc1cccc(Cl)c1Cl)[C@@H]1COCC(=O)N1Cc1cccs1. The van der Waals surface area contributed by atoms with Crippen LogP contribution in [-0.4, -0.2) is 36.0 Å². The van der Waals surface area contributed by atoms with Crippen molar-refractivity contribution in [1.29, 1.82) is 0 Å². The molecule has 8 heteroatoms. The molecule has 1 N–H and O–H groups in total. The van der Waals surface area contributed by atoms with E-state index in [-0.39, 0.29) is 30.1 Å². The molecule has 3 rings (SSSR count). The molecule has 0 bridgehead atoms. The Morgan fingerprint density at radius 3 is 2.92 bits per heavy atom. The van der Waals surface area contributed by atoms with E-state index in [4.69, 9.17) is 27.9 Å². The van der Waals surface area contributed by atoms with Crippen LogP contribution in [0.2, 0.25) is 10.0 Å². The maximum absolute atomic E-state index is 12.6. The molecular weight excluding hydrogens is 371 g/mol. The van der Waals surface area contributed by atoms with Crippen molar-refractivity contribution >= 4 is 52.0 Å². The number of nitrogens with one attached hydrogen (secondary N) is 1. The summed E-state index contributed by atoms with van der Waals surface area (Å²) in [4.78, 5) is 27.4. The number of carbonyl (C=O) groups is 2. The quantitative estimate of drug-likeness (QED) is 0.878. The Kier molecular flexibility index (Phi) is 5.40. The first-order valence-electron chi connectivity index (χ1n) is 7.20. The Labute approximate surface area is 153 Å². The number of thiophene rings is 1. The average Bonchev–Trinajstić information content (AvgIpc) is 3.07. The zero-order valence-corrected chi connectivity index (χ0v) is 14.8. The first-order valence-corrected chi connectivity index (χ1v) is 8.84. The fourth-order valence-electron chi connectivity index (χ4n) is 2.41. The lowest BCUT2D eigenvalue weighted by Crippen LogP contribution is -2.54. The van der Waals surface area contributed by atoms with E-state index in [0.29, 0.717) is 17.3 Å². The van der Waals surface area contributed by atoms with Crippen LogP contribution >= 0.6 is 34.5 Å². The van der Waals surface area contributed by atoms with E-state index in [1.54, 1.807) is 18.2 Å². The molecule has 126 valence electrons. The average molecular weight is 385 g/mol. The zero-order chi connectivity index (χ0) is 17.1. The maximum atomic E-state index is 12.6. The second-order valence-corrected chi connectivity index (χ2v) is 7.04. The molecule has 1 aromatic heterocycles. The fourth-order valence-corrected chi connectivity index (χ4v) is 3.46. The number of anilines is 1. The van der Waals surface area contributed by atoms with E-state index >= 15 is 0 Å². The van der Waals surface area contributed by atoms with Gasteiger partial charge in [0.2, 0.25) is 11.8 Å². The van der Waals surface area contributed by atoms with Crippen molar-refractivity contribution in [2.24, 2.45) is 0 Å². The fraction of sp³-hybridized carbons (Fsp3) is 0.250. The molecule has 5 nitrogen and oxygen atoms in total. The molecule has 1 saturated heterocycles. The van der Waals surface area contributed by atoms with E-state index in [9.17, 15) is 9.59 Å². The first kappa shape index (κ1) is 17.2. The Bertz CT molecular complexity index is 752. The summed E-state index contributed by atoms with van der Waals surface area (Å²) in [6, 6.07) is 8.10. The first-order chi connectivity index (χ1) is 11.6. The predicted molar refractivity (Wildman–Crippen MR) is 94.6 cm³/mol. The molecule has 0 unspecified atom stereocenters. The van der Waals surface area contributed by atoms with E-state index in [1.165, 1.54) is 16.2 Å². The van der Waals surface area contributed by atoms with Crippen molar-refractivity contribution < 1.29 is 14.3 Å². The third kappa shape index (κ3) is 3.72. The molecule has 2 heterocycles. The van der Waals surface area contributed by atoms with Crippen LogP contribution in [0.5, 0.6) is 0 Å². The minimum absolute atomic E-state index is 0.0208. The Balaban J connectivity index is 1.78. The van der Waals surface area contributed by atoms with Gasteiger partial charge in [-0.3, -0.25) is 9.59 Å². The topological polar surface area (TPSA) is 58.6 Å². The van der Waals surface area contributed by atoms with Gasteiger partial charge >= 0.3 is 0 Å². The highest BCUT2D eigenvalue weighted by Crippen LogP contribution is 2.30. The highest BCUT2D eigenvalue weighted by atomic mass is 35.5. The van der Waals surface area contributed by atoms with Crippen molar-refractivity contribution in [3.63, 3.8) is 0 Å². The van der Waals surface area contributed by atoms with Gasteiger partial charge in [-0.25, -0.2) is 0 Å². The second kappa shape index (κ2) is 7.53. The molecule has 1 aliphatic rings. The number of ether oxygens (including phenoxy) is 1. The summed E-state index contributed by atoms with van der Waals surface area (Å²) in [5.74, 6) is -0.573. The van der Waals surface area contributed by atoms with Crippen molar-refractivity contribution in [3.05, 3.63) is 50.6 Å². The standard InChI is InChI=1S/C16H14Cl2N2O3S/c17-11-4-1-5-12(15(11)18)19-16(22)13-8-23-9-14(21)20(13)7-10-3-2-6-24-10/h1-6,13H,7-9H2,(H,19,22)/t13-/m0/s1. The van der Waals surface area contributed by atoms with Crippen LogP contribution in [-0.2, 0) is 20.9 Å². The molecule has 0 spiro atoms. The van der Waals surface area contributed by atoms with E-state index in [2.05, 4.69) is 5.32 Å². The lowest BCUT2D eigenvalue weighted by Gasteiger charge is -2.34. The Morgan fingerprint density at radius 2 is 2.17 bits per heavy atom. The van der Waals surface area contributed by atoms with Crippen LogP contribution in [0.15, 0.2) is 35.7 Å². The molecule has 0 radical (unpaired) electrons. The van der Waals surface area contributed by atoms with Gasteiger partial charge in [-0.05, 0) is 23.6 Å². The number of halogens is 2. The predicted octanol–water partition coefficient (Wildman–Crippen LogP) is 3.42. The molecule has 1 aliphatic heterocycles. The number of hydrogen-bond acceptors (Lipinski definition) is 4. The number of carbonyl (C=O) groups excluding carboxylic acids is 2. The van der Waals surface area contributed by atoms with Crippen molar-refractivity contribution in [2.75, 3.05) is 18.5 Å². The molecular formula is C16H14Cl2N2O3S. The monoisotopic (exact) mass is 384 g/mol. The van der Waals surface area contributed by atoms with Crippen LogP contribution in [0.3, 0.4) is 0 Å². The molecule has 0 saturated carbocycles. The summed E-state index contributed by atoms with van der Waals surface area (Å²) in [6.45, 7) is 0.495. The van der Waals surface area contributed by atoms with Crippen molar-refractivity contribution in [3.8, 4) is 0 Å². The van der Waals surface area contributed by atoms with Crippen molar-refractivity contribution in [2.45, 2.75) is 12.6 Å². The molecule has 2 aromatic rings. The van der Waals surface area contributed by atoms with Gasteiger partial charge in [0, 0.05) is 4.88 Å². The van der Waals surface area contributed by atoms with E-state index in [1.807, 2.05) is 17.5 Å². The summed E-state index contributed by atoms with van der Waals surface area (Å²) >= 11 is 13.6. The molecule has 1 fully saturated rings. The molecule has 24 heavy (non-hydrogen) atoms. The van der Waals surface area contributed by atoms with E-state index < -0.39 is 6.04 Å². The van der Waals surface area contributed by atoms with Gasteiger partial charge in [0.05, 0.1) is 28.9 Å². The second-order valence-electron chi connectivity index (χ2n) is 5.22. The minimum atomic E-state index is -0.719. The van der Waals surface area contributed by atoms with Crippen LogP contribution in [0.25, 0.3) is 0 Å². The summed E-state index contributed by atoms with van der Waals surface area (Å²) in [6.07, 6.45) is 0. The number of benzene rings is 1. The minimum Gasteiger partial charge on any atom is -0.369 e. The summed E-state index contributed by atoms with van der Waals surface area (Å²) in [5, 5.41) is 5.27. The summed E-state index contributed by atoms with van der Waals surface area (Å²) in [7, 11) is 0. The number of rotatable bonds is 4. The number of amides is 2. The smallest absolute Gasteiger partial charge is 0.249 e. The normalized spacial score (nSPS) is 17.8. The Morgan fingerprint density at radius 1 is 1.33 bits per heavy atom. The maximum Gasteiger partial charge on any atom is 0.249 e. The van der Waals surface area contributed by atoms with Crippen LogP contribution in [0.1, 0.15) is 4.88 Å². The molecule has 1 aromatic carbocycles. The molecule has 1 atom stereocenters. The highest BCUT2D eigenvalue weighted by molar-refractivity contribution is 7.09. The zero-order valence-electron chi connectivity index (χ0n) is 12.5. The third-order valence-corrected chi connectivity index (χ3v) is 5.30. The number of hydrogen-bond donors (Lipinski definition) is 1. The lowest BCUT2D eigenvalue weighted by atomic mass is 10.2. The highest BCUT2D eigenvalue weighted by Gasteiger charge is 2.34. The third-order valence-electron chi connectivity index (χ3n) is 3.62. The van der Waals surface area contributed by atoms with Crippen LogP contribution in [0, 0.1) is 0 Å². The largest absolute Gasteiger partial charge is 0.369 e. The van der Waals surface area contributed by atoms with Crippen LogP contribution in [0.4, 0.5) is 5.69 Å². The van der Waals surface area contributed by atoms with Crippen LogP contribution < -0.4 is 5.32 Å². The van der Waals surface area contributed by atoms with Gasteiger partial charge < -0.3 is 15.0 Å². The van der Waals surface area contributed by atoms with Gasteiger partial charge in [-0.1, -0.05) is 35.3 Å². The van der Waals surface area contributed by atoms with Gasteiger partial charge in [0.1, 0.15) is 12.6 Å². The van der Waals surface area contributed by atoms with Gasteiger partial charge in [-0.2, -0.15) is 0 Å². The summed E-state index contributed by atoms with van der Waals surface area (Å²) < 4.78 is 5.25. The lowest BCUT2D eigenvalue weighted by molar-refractivity contribution is -0.153. The summed E-state index contributed by atoms with van der Waals surface area (Å²) in [5.41, 5.74) is 0.406. The molecule has 2 amide bonds. The molecule has 0 aliphatic carbocycles. The van der Waals surface area contributed by atoms with E-state index in [0.717, 1.165) is 4.88 Å². The Hall–Kier alpha value is -1.60. The number of nitrogens with zero attached hydrogens (tertiary/aromatic N) is 1. The van der Waals surface area contributed by atoms with Gasteiger partial charge in [0.15, 0.2) is 0 Å². The number of morpholine rings is 1.